The van der Waals surface area contributed by atoms with Gasteiger partial charge >= 0.3 is 0 Å². The molecular weight excluding hydrogens is 216 g/mol. The Balaban J connectivity index is 2.80. The van der Waals surface area contributed by atoms with Crippen molar-refractivity contribution in [3.05, 3.63) is 42.1 Å². The van der Waals surface area contributed by atoms with Crippen LogP contribution in [0.3, 0.4) is 0 Å². The van der Waals surface area contributed by atoms with Crippen LogP contribution in [0, 0.1) is 0 Å². The largest absolute Gasteiger partial charge is 0.383 e. The van der Waals surface area contributed by atoms with E-state index >= 15 is 0 Å². The molecule has 0 saturated carbocycles. The van der Waals surface area contributed by atoms with Crippen molar-refractivity contribution in [1.82, 2.24) is 4.90 Å². The number of hydrogen-bond acceptors (Lipinski definition) is 3. The second-order valence-electron chi connectivity index (χ2n) is 3.91. The van der Waals surface area contributed by atoms with Crippen molar-refractivity contribution in [2.24, 2.45) is 0 Å². The number of ketones is 1. The molecule has 1 amide bonds. The number of nitrogens with zero attached hydrogens (tertiary/aromatic N) is 2. The van der Waals surface area contributed by atoms with E-state index in [9.17, 15) is 9.59 Å². The van der Waals surface area contributed by atoms with Crippen molar-refractivity contribution in [3.63, 3.8) is 0 Å². The molecule has 0 heterocycles. The summed E-state index contributed by atoms with van der Waals surface area (Å²) >= 11 is 0. The molecule has 17 heavy (non-hydrogen) atoms. The summed E-state index contributed by atoms with van der Waals surface area (Å²) in [5.74, 6) is -0.0565. The first-order valence-corrected chi connectivity index (χ1v) is 5.21. The highest BCUT2D eigenvalue weighted by Gasteiger charge is 2.03. The third-order valence-electron chi connectivity index (χ3n) is 2.24. The van der Waals surface area contributed by atoms with Gasteiger partial charge in [-0.25, -0.2) is 0 Å². The average molecular weight is 232 g/mol. The third-order valence-corrected chi connectivity index (χ3v) is 2.24. The van der Waals surface area contributed by atoms with E-state index in [4.69, 9.17) is 0 Å². The Morgan fingerprint density at radius 2 is 1.71 bits per heavy atom. The summed E-state index contributed by atoms with van der Waals surface area (Å²) in [6.45, 7) is 0. The van der Waals surface area contributed by atoms with E-state index in [-0.39, 0.29) is 5.78 Å². The van der Waals surface area contributed by atoms with Crippen LogP contribution in [0.15, 0.2) is 36.5 Å². The van der Waals surface area contributed by atoms with Crippen molar-refractivity contribution in [2.75, 3.05) is 26.0 Å². The van der Waals surface area contributed by atoms with Crippen LogP contribution < -0.4 is 4.90 Å². The third kappa shape index (κ3) is 3.75. The molecule has 1 aromatic rings. The molecule has 0 aliphatic rings. The Morgan fingerprint density at radius 1 is 1.12 bits per heavy atom. The minimum absolute atomic E-state index is 0.0565. The summed E-state index contributed by atoms with van der Waals surface area (Å²) in [5.41, 5.74) is 1.36. The first kappa shape index (κ1) is 13.0. The maximum atomic E-state index is 11.7. The van der Waals surface area contributed by atoms with Gasteiger partial charge in [0, 0.05) is 44.7 Å². The van der Waals surface area contributed by atoms with Crippen molar-refractivity contribution >= 4 is 17.9 Å². The second-order valence-corrected chi connectivity index (χ2v) is 3.91. The van der Waals surface area contributed by atoms with Crippen molar-refractivity contribution in [3.8, 4) is 0 Å². The van der Waals surface area contributed by atoms with E-state index in [2.05, 4.69) is 0 Å². The zero-order valence-electron chi connectivity index (χ0n) is 10.3. The molecule has 0 spiro atoms. The average Bonchev–Trinajstić information content (AvgIpc) is 2.35. The van der Waals surface area contributed by atoms with Crippen LogP contribution in [0.1, 0.15) is 10.4 Å². The molecule has 0 atom stereocenters. The van der Waals surface area contributed by atoms with E-state index in [1.807, 2.05) is 14.1 Å². The van der Waals surface area contributed by atoms with Crippen LogP contribution in [0.5, 0.6) is 0 Å². The molecule has 0 unspecified atom stereocenters. The molecule has 0 fully saturated rings. The molecule has 90 valence electrons. The lowest BCUT2D eigenvalue weighted by molar-refractivity contribution is -0.107. The van der Waals surface area contributed by atoms with Gasteiger partial charge < -0.3 is 9.80 Å². The Bertz CT molecular complexity index is 422. The van der Waals surface area contributed by atoms with E-state index in [0.29, 0.717) is 5.56 Å². The summed E-state index contributed by atoms with van der Waals surface area (Å²) in [7, 11) is 5.37. The highest BCUT2D eigenvalue weighted by molar-refractivity contribution is 6.04. The normalized spacial score (nSPS) is 10.3. The molecule has 0 saturated heterocycles. The maximum Gasteiger partial charge on any atom is 0.213 e. The van der Waals surface area contributed by atoms with Gasteiger partial charge in [0.05, 0.1) is 0 Å². The highest BCUT2D eigenvalue weighted by atomic mass is 16.1. The minimum Gasteiger partial charge on any atom is -0.383 e. The van der Waals surface area contributed by atoms with Crippen LogP contribution in [-0.4, -0.2) is 38.2 Å². The lowest BCUT2D eigenvalue weighted by atomic mass is 10.1. The van der Waals surface area contributed by atoms with Gasteiger partial charge in [-0.3, -0.25) is 9.59 Å². The number of anilines is 1. The molecule has 4 heteroatoms. The topological polar surface area (TPSA) is 40.6 Å². The molecule has 0 bridgehead atoms. The second kappa shape index (κ2) is 5.84. The number of rotatable bonds is 5. The summed E-state index contributed by atoms with van der Waals surface area (Å²) in [6.07, 6.45) is 3.94. The van der Waals surface area contributed by atoms with Gasteiger partial charge in [0.2, 0.25) is 6.41 Å². The molecule has 0 aliphatic heterocycles. The molecule has 0 aromatic heterocycles. The molecule has 1 aromatic carbocycles. The number of allylic oxidation sites excluding steroid dienone is 1. The number of carbonyl (C=O) groups excluding carboxylic acids is 2. The SMILES string of the molecule is CN(C)C=CC(=O)c1ccc(N(C)C=O)cc1. The first-order chi connectivity index (χ1) is 8.04. The van der Waals surface area contributed by atoms with E-state index in [0.717, 1.165) is 12.1 Å². The van der Waals surface area contributed by atoms with Gasteiger partial charge in [0.15, 0.2) is 5.78 Å². The molecular formula is C13H16N2O2. The van der Waals surface area contributed by atoms with E-state index in [1.165, 1.54) is 11.0 Å². The quantitative estimate of drug-likeness (QED) is 0.439. The molecule has 0 aliphatic carbocycles. The van der Waals surface area contributed by atoms with E-state index < -0.39 is 0 Å². The Kier molecular flexibility index (Phi) is 4.46. The fourth-order valence-electron chi connectivity index (χ4n) is 1.23. The van der Waals surface area contributed by atoms with Crippen molar-refractivity contribution in [1.29, 1.82) is 0 Å². The van der Waals surface area contributed by atoms with Gasteiger partial charge in [-0.05, 0) is 24.3 Å². The minimum atomic E-state index is -0.0565. The summed E-state index contributed by atoms with van der Waals surface area (Å²) in [5, 5.41) is 0. The summed E-state index contributed by atoms with van der Waals surface area (Å²) < 4.78 is 0. The zero-order valence-corrected chi connectivity index (χ0v) is 10.3. The monoisotopic (exact) mass is 232 g/mol. The van der Waals surface area contributed by atoms with Crippen molar-refractivity contribution < 1.29 is 9.59 Å². The van der Waals surface area contributed by atoms with Crippen LogP contribution in [0.4, 0.5) is 5.69 Å². The number of carbonyl (C=O) groups is 2. The van der Waals surface area contributed by atoms with Gasteiger partial charge in [0.25, 0.3) is 0 Å². The lowest BCUT2D eigenvalue weighted by Crippen LogP contribution is -2.13. The van der Waals surface area contributed by atoms with Gasteiger partial charge in [-0.15, -0.1) is 0 Å². The molecule has 0 radical (unpaired) electrons. The Labute approximate surface area is 101 Å². The fourth-order valence-corrected chi connectivity index (χ4v) is 1.23. The van der Waals surface area contributed by atoms with E-state index in [1.54, 1.807) is 42.4 Å². The van der Waals surface area contributed by atoms with Crippen LogP contribution in [0.25, 0.3) is 0 Å². The first-order valence-electron chi connectivity index (χ1n) is 5.21. The predicted molar refractivity (Wildman–Crippen MR) is 68.1 cm³/mol. The maximum absolute atomic E-state index is 11.7. The Morgan fingerprint density at radius 3 is 2.18 bits per heavy atom. The van der Waals surface area contributed by atoms with Crippen LogP contribution in [-0.2, 0) is 4.79 Å². The van der Waals surface area contributed by atoms with Crippen LogP contribution in [0.2, 0.25) is 0 Å². The predicted octanol–water partition coefficient (Wildman–Crippen LogP) is 1.54. The fraction of sp³-hybridized carbons (Fsp3) is 0.231. The summed E-state index contributed by atoms with van der Waals surface area (Å²) in [6, 6.07) is 6.89. The molecule has 1 rings (SSSR count). The van der Waals surface area contributed by atoms with Gasteiger partial charge in [0.1, 0.15) is 0 Å². The number of benzene rings is 1. The lowest BCUT2D eigenvalue weighted by Gasteiger charge is -2.10. The number of hydrogen-bond donors (Lipinski definition) is 0. The standard InChI is InChI=1S/C13H16N2O2/c1-14(2)9-8-13(17)11-4-6-12(7-5-11)15(3)10-16/h4-10H,1-3H3. The molecule has 0 N–H and O–H groups in total. The molecule has 4 nitrogen and oxygen atoms in total. The number of amides is 1. The van der Waals surface area contributed by atoms with Crippen molar-refractivity contribution in [2.45, 2.75) is 0 Å². The van der Waals surface area contributed by atoms with Gasteiger partial charge in [-0.1, -0.05) is 0 Å². The van der Waals surface area contributed by atoms with Gasteiger partial charge in [-0.2, -0.15) is 0 Å². The summed E-state index contributed by atoms with van der Waals surface area (Å²) in [4.78, 5) is 25.5. The highest BCUT2D eigenvalue weighted by Crippen LogP contribution is 2.13. The Hall–Kier alpha value is -2.10. The zero-order chi connectivity index (χ0) is 12.8. The van der Waals surface area contributed by atoms with Crippen LogP contribution >= 0.6 is 0 Å². The smallest absolute Gasteiger partial charge is 0.213 e.